The zero-order valence-corrected chi connectivity index (χ0v) is 12.8. The van der Waals surface area contributed by atoms with Gasteiger partial charge in [-0.25, -0.2) is 0 Å². The van der Waals surface area contributed by atoms with Crippen molar-refractivity contribution in [2.24, 2.45) is 10.7 Å². The molecule has 0 spiro atoms. The van der Waals surface area contributed by atoms with E-state index in [9.17, 15) is 5.11 Å². The zero-order chi connectivity index (χ0) is 16.1. The molecule has 0 aromatic heterocycles. The molecular formula is C15H10BrN5O. The summed E-state index contributed by atoms with van der Waals surface area (Å²) in [6.07, 6.45) is 1.62. The second-order valence-electron chi connectivity index (χ2n) is 4.17. The van der Waals surface area contributed by atoms with Crippen molar-refractivity contribution < 1.29 is 5.11 Å². The van der Waals surface area contributed by atoms with Crippen molar-refractivity contribution in [1.82, 2.24) is 0 Å². The second-order valence-corrected chi connectivity index (χ2v) is 5.03. The van der Waals surface area contributed by atoms with E-state index in [1.54, 1.807) is 30.5 Å². The van der Waals surface area contributed by atoms with E-state index >= 15 is 0 Å². The molecular weight excluding hydrogens is 346 g/mol. The van der Waals surface area contributed by atoms with Crippen molar-refractivity contribution in [3.8, 4) is 18.0 Å². The van der Waals surface area contributed by atoms with E-state index in [-0.39, 0.29) is 11.7 Å². The number of phenolic OH excluding ortho intramolecular Hbond substituents is 1. The fourth-order valence-corrected chi connectivity index (χ4v) is 2.36. The fraction of sp³-hybridized carbons (Fsp3) is 0. The Labute approximate surface area is 135 Å². The molecule has 0 saturated heterocycles. The van der Waals surface area contributed by atoms with Crippen molar-refractivity contribution in [2.75, 3.05) is 4.90 Å². The monoisotopic (exact) mass is 355 g/mol. The highest BCUT2D eigenvalue weighted by atomic mass is 79.9. The lowest BCUT2D eigenvalue weighted by molar-refractivity contribution is 0.476. The minimum Gasteiger partial charge on any atom is -0.506 e. The van der Waals surface area contributed by atoms with Gasteiger partial charge >= 0.3 is 0 Å². The number of aliphatic imine (C=N–C) groups is 1. The number of benzene rings is 2. The molecule has 3 N–H and O–H groups in total. The molecule has 2 aromatic rings. The number of nitrogens with two attached hydrogens (primary N) is 1. The number of nitriles is 2. The van der Waals surface area contributed by atoms with Crippen LogP contribution in [0.5, 0.6) is 5.75 Å². The van der Waals surface area contributed by atoms with Crippen LogP contribution in [0.1, 0.15) is 5.56 Å². The van der Waals surface area contributed by atoms with Crippen LogP contribution in [0.4, 0.5) is 11.4 Å². The maximum absolute atomic E-state index is 10.2. The summed E-state index contributed by atoms with van der Waals surface area (Å²) in [5.74, 6) is -0.250. The van der Waals surface area contributed by atoms with Crippen LogP contribution in [0.15, 0.2) is 51.9 Å². The predicted octanol–water partition coefficient (Wildman–Crippen LogP) is 2.96. The summed E-state index contributed by atoms with van der Waals surface area (Å²) in [5.41, 5.74) is 7.07. The second kappa shape index (κ2) is 6.61. The standard InChI is InChI=1S/C15H10BrN5O/c16-11-3-1-2-4-12(11)21(15(19)20-9-18)13-6-5-10(8-17)7-14(13)22/h1-7,22H,(H2,19,20). The molecule has 0 radical (unpaired) electrons. The topological polar surface area (TPSA) is 109 Å². The molecule has 0 unspecified atom stereocenters. The summed E-state index contributed by atoms with van der Waals surface area (Å²) in [4.78, 5) is 4.95. The van der Waals surface area contributed by atoms with Crippen LogP contribution < -0.4 is 10.6 Å². The number of rotatable bonds is 2. The van der Waals surface area contributed by atoms with E-state index in [4.69, 9.17) is 16.3 Å². The molecule has 2 aromatic carbocycles. The van der Waals surface area contributed by atoms with Gasteiger partial charge in [0.1, 0.15) is 5.75 Å². The van der Waals surface area contributed by atoms with Crippen LogP contribution in [0.25, 0.3) is 0 Å². The third-order valence-corrected chi connectivity index (χ3v) is 3.50. The Hall–Kier alpha value is -3.03. The Bertz CT molecular complexity index is 819. The minimum absolute atomic E-state index is 0.102. The summed E-state index contributed by atoms with van der Waals surface area (Å²) < 4.78 is 0.704. The average Bonchev–Trinajstić information content (AvgIpc) is 2.51. The molecule has 108 valence electrons. The van der Waals surface area contributed by atoms with Crippen LogP contribution in [0.2, 0.25) is 0 Å². The maximum Gasteiger partial charge on any atom is 0.216 e. The number of hydrogen-bond donors (Lipinski definition) is 2. The number of aromatic hydroxyl groups is 1. The fourth-order valence-electron chi connectivity index (χ4n) is 1.89. The van der Waals surface area contributed by atoms with E-state index < -0.39 is 0 Å². The van der Waals surface area contributed by atoms with E-state index in [1.807, 2.05) is 12.1 Å². The maximum atomic E-state index is 10.2. The number of anilines is 2. The number of phenols is 1. The summed E-state index contributed by atoms with van der Waals surface area (Å²) in [6.45, 7) is 0. The molecule has 0 fully saturated rings. The third kappa shape index (κ3) is 3.00. The first-order chi connectivity index (χ1) is 10.6. The van der Waals surface area contributed by atoms with Gasteiger partial charge < -0.3 is 10.8 Å². The van der Waals surface area contributed by atoms with Crippen LogP contribution in [0.3, 0.4) is 0 Å². The van der Waals surface area contributed by atoms with Gasteiger partial charge in [0.2, 0.25) is 12.2 Å². The van der Waals surface area contributed by atoms with E-state index in [2.05, 4.69) is 20.9 Å². The lowest BCUT2D eigenvalue weighted by Gasteiger charge is -2.25. The van der Waals surface area contributed by atoms with Gasteiger partial charge in [-0.2, -0.15) is 10.5 Å². The van der Waals surface area contributed by atoms with Gasteiger partial charge in [-0.05, 0) is 46.3 Å². The van der Waals surface area contributed by atoms with E-state index in [0.29, 0.717) is 21.4 Å². The van der Waals surface area contributed by atoms with Gasteiger partial charge in [0.15, 0.2) is 0 Å². The molecule has 0 atom stereocenters. The zero-order valence-electron chi connectivity index (χ0n) is 11.2. The summed E-state index contributed by atoms with van der Waals surface area (Å²) >= 11 is 3.40. The van der Waals surface area contributed by atoms with Crippen molar-refractivity contribution in [1.29, 1.82) is 10.5 Å². The van der Waals surface area contributed by atoms with Crippen LogP contribution in [-0.2, 0) is 0 Å². The first kappa shape index (κ1) is 15.4. The molecule has 22 heavy (non-hydrogen) atoms. The Kier molecular flexibility index (Phi) is 4.62. The van der Waals surface area contributed by atoms with Crippen molar-refractivity contribution in [2.45, 2.75) is 0 Å². The SMILES string of the molecule is N#CN=C(N)N(c1ccc(C#N)cc1O)c1ccccc1Br. The number of halogens is 1. The lowest BCUT2D eigenvalue weighted by atomic mass is 10.1. The van der Waals surface area contributed by atoms with Gasteiger partial charge in [-0.15, -0.1) is 4.99 Å². The molecule has 2 rings (SSSR count). The first-order valence-electron chi connectivity index (χ1n) is 6.08. The summed E-state index contributed by atoms with van der Waals surface area (Å²) in [6, 6.07) is 13.5. The Morgan fingerprint density at radius 1 is 1.18 bits per heavy atom. The molecule has 0 amide bonds. The highest BCUT2D eigenvalue weighted by molar-refractivity contribution is 9.10. The van der Waals surface area contributed by atoms with E-state index in [1.165, 1.54) is 17.0 Å². The normalized spacial score (nSPS) is 10.6. The summed E-state index contributed by atoms with van der Waals surface area (Å²) in [7, 11) is 0. The minimum atomic E-state index is -0.147. The Morgan fingerprint density at radius 2 is 1.91 bits per heavy atom. The van der Waals surface area contributed by atoms with Crippen LogP contribution in [-0.4, -0.2) is 11.1 Å². The number of guanidine groups is 1. The molecule has 7 heteroatoms. The molecule has 0 aliphatic carbocycles. The Morgan fingerprint density at radius 3 is 2.50 bits per heavy atom. The van der Waals surface area contributed by atoms with Crippen molar-refractivity contribution in [3.05, 3.63) is 52.5 Å². The predicted molar refractivity (Wildman–Crippen MR) is 86.3 cm³/mol. The lowest BCUT2D eigenvalue weighted by Crippen LogP contribution is -2.33. The van der Waals surface area contributed by atoms with Gasteiger partial charge in [-0.3, -0.25) is 4.90 Å². The number of nitrogens with zero attached hydrogens (tertiary/aromatic N) is 4. The highest BCUT2D eigenvalue weighted by Gasteiger charge is 2.19. The van der Waals surface area contributed by atoms with Crippen molar-refractivity contribution >= 4 is 33.3 Å². The Balaban J connectivity index is 2.66. The molecule has 0 aliphatic heterocycles. The van der Waals surface area contributed by atoms with Gasteiger partial charge in [-0.1, -0.05) is 12.1 Å². The van der Waals surface area contributed by atoms with Crippen LogP contribution in [0, 0.1) is 22.8 Å². The molecule has 0 heterocycles. The van der Waals surface area contributed by atoms with Gasteiger partial charge in [0.05, 0.1) is 23.0 Å². The average molecular weight is 356 g/mol. The highest BCUT2D eigenvalue weighted by Crippen LogP contribution is 2.37. The van der Waals surface area contributed by atoms with E-state index in [0.717, 1.165) is 0 Å². The largest absolute Gasteiger partial charge is 0.506 e. The molecule has 0 saturated carbocycles. The first-order valence-corrected chi connectivity index (χ1v) is 6.87. The molecule has 0 aliphatic rings. The number of para-hydroxylation sites is 1. The van der Waals surface area contributed by atoms with Crippen LogP contribution >= 0.6 is 15.9 Å². The van der Waals surface area contributed by atoms with Gasteiger partial charge in [0.25, 0.3) is 0 Å². The third-order valence-electron chi connectivity index (χ3n) is 2.83. The number of hydrogen-bond acceptors (Lipinski definition) is 4. The quantitative estimate of drug-likeness (QED) is 0.488. The summed E-state index contributed by atoms with van der Waals surface area (Å²) in [5, 5.41) is 27.8. The molecule has 6 nitrogen and oxygen atoms in total. The smallest absolute Gasteiger partial charge is 0.216 e. The van der Waals surface area contributed by atoms with Gasteiger partial charge in [0, 0.05) is 4.47 Å². The van der Waals surface area contributed by atoms with Crippen molar-refractivity contribution in [3.63, 3.8) is 0 Å². The molecule has 0 bridgehead atoms.